The molecule has 7 nitrogen and oxygen atoms in total. The van der Waals surface area contributed by atoms with Gasteiger partial charge < -0.3 is 0 Å². The molecule has 0 atom stereocenters. The Hall–Kier alpha value is -2.92. The number of anilines is 1. The normalized spacial score (nSPS) is 11.2. The van der Waals surface area contributed by atoms with Crippen molar-refractivity contribution in [1.82, 2.24) is 14.6 Å². The van der Waals surface area contributed by atoms with Crippen molar-refractivity contribution in [1.29, 1.82) is 0 Å². The first-order chi connectivity index (χ1) is 10.1. The highest BCUT2D eigenvalue weighted by Gasteiger charge is 2.16. The van der Waals surface area contributed by atoms with Crippen LogP contribution in [0.25, 0.3) is 10.5 Å². The Morgan fingerprint density at radius 2 is 2.10 bits per heavy atom. The molecule has 8 heteroatoms. The smallest absolute Gasteiger partial charge is 0.260 e. The zero-order valence-corrected chi connectivity index (χ0v) is 11.4. The van der Waals surface area contributed by atoms with Gasteiger partial charge in [-0.1, -0.05) is 12.1 Å². The van der Waals surface area contributed by atoms with E-state index in [4.69, 9.17) is 6.57 Å². The standard InChI is InChI=1S/C13H9N5O2S/c1-14-10-4-2-5-11(8-10)21(19,20)17-12-6-3-7-18-13(12)15-9-16-18/h2-9,17H. The molecule has 0 saturated carbocycles. The third-order valence-electron chi connectivity index (χ3n) is 2.81. The molecule has 0 saturated heterocycles. The molecule has 0 bridgehead atoms. The Morgan fingerprint density at radius 3 is 2.90 bits per heavy atom. The molecular weight excluding hydrogens is 290 g/mol. The van der Waals surface area contributed by atoms with Crippen molar-refractivity contribution >= 4 is 27.0 Å². The summed E-state index contributed by atoms with van der Waals surface area (Å²) in [5.41, 5.74) is 0.990. The summed E-state index contributed by atoms with van der Waals surface area (Å²) in [6.07, 6.45) is 3.01. The SMILES string of the molecule is [C-]#[N+]c1cccc(S(=O)(=O)Nc2cccn3ncnc23)c1. The average molecular weight is 299 g/mol. The minimum absolute atomic E-state index is 0.0255. The van der Waals surface area contributed by atoms with Gasteiger partial charge in [0.05, 0.1) is 17.2 Å². The lowest BCUT2D eigenvalue weighted by molar-refractivity contribution is 0.601. The second kappa shape index (κ2) is 4.88. The molecule has 0 amide bonds. The van der Waals surface area contributed by atoms with E-state index in [0.29, 0.717) is 11.3 Å². The van der Waals surface area contributed by atoms with Gasteiger partial charge in [0.2, 0.25) is 0 Å². The topological polar surface area (TPSA) is 80.7 Å². The fourth-order valence-corrected chi connectivity index (χ4v) is 2.95. The molecule has 0 fully saturated rings. The van der Waals surface area contributed by atoms with E-state index in [1.165, 1.54) is 29.0 Å². The first-order valence-corrected chi connectivity index (χ1v) is 7.37. The van der Waals surface area contributed by atoms with E-state index in [-0.39, 0.29) is 10.6 Å². The van der Waals surface area contributed by atoms with Crippen LogP contribution < -0.4 is 4.72 Å². The fraction of sp³-hybridized carbons (Fsp3) is 0. The van der Waals surface area contributed by atoms with Gasteiger partial charge in [-0.3, -0.25) is 4.72 Å². The Labute approximate surface area is 120 Å². The summed E-state index contributed by atoms with van der Waals surface area (Å²) < 4.78 is 28.7. The lowest BCUT2D eigenvalue weighted by atomic mass is 10.3. The number of hydrogen-bond acceptors (Lipinski definition) is 4. The zero-order valence-electron chi connectivity index (χ0n) is 10.6. The Morgan fingerprint density at radius 1 is 1.24 bits per heavy atom. The molecule has 0 radical (unpaired) electrons. The number of aromatic nitrogens is 3. The maximum Gasteiger partial charge on any atom is 0.260 e. The predicted molar refractivity (Wildman–Crippen MR) is 76.5 cm³/mol. The van der Waals surface area contributed by atoms with Gasteiger partial charge in [0, 0.05) is 6.20 Å². The highest BCUT2D eigenvalue weighted by Crippen LogP contribution is 2.22. The van der Waals surface area contributed by atoms with Gasteiger partial charge in [-0.05, 0) is 24.3 Å². The van der Waals surface area contributed by atoms with Crippen LogP contribution in [0.5, 0.6) is 0 Å². The summed E-state index contributed by atoms with van der Waals surface area (Å²) in [5.74, 6) is 0. The van der Waals surface area contributed by atoms with Gasteiger partial charge in [0.15, 0.2) is 11.3 Å². The molecule has 2 heterocycles. The highest BCUT2D eigenvalue weighted by atomic mass is 32.2. The zero-order chi connectivity index (χ0) is 14.9. The van der Waals surface area contributed by atoms with Crippen molar-refractivity contribution < 1.29 is 8.42 Å². The molecule has 104 valence electrons. The number of rotatable bonds is 3. The van der Waals surface area contributed by atoms with Gasteiger partial charge >= 0.3 is 0 Å². The lowest BCUT2D eigenvalue weighted by Crippen LogP contribution is -2.13. The van der Waals surface area contributed by atoms with Crippen LogP contribution >= 0.6 is 0 Å². The van der Waals surface area contributed by atoms with Crippen LogP contribution in [0.3, 0.4) is 0 Å². The predicted octanol–water partition coefficient (Wildman–Crippen LogP) is 2.08. The lowest BCUT2D eigenvalue weighted by Gasteiger charge is -2.08. The van der Waals surface area contributed by atoms with Crippen molar-refractivity contribution in [2.45, 2.75) is 4.90 Å². The molecule has 0 spiro atoms. The summed E-state index contributed by atoms with van der Waals surface area (Å²) in [6.45, 7) is 6.94. The molecule has 3 aromatic rings. The molecule has 3 rings (SSSR count). The van der Waals surface area contributed by atoms with Crippen LogP contribution in [-0.2, 0) is 10.0 Å². The second-order valence-corrected chi connectivity index (χ2v) is 5.85. The van der Waals surface area contributed by atoms with E-state index in [1.807, 2.05) is 0 Å². The van der Waals surface area contributed by atoms with Crippen molar-refractivity contribution in [2.24, 2.45) is 0 Å². The molecular formula is C13H9N5O2S. The quantitative estimate of drug-likeness (QED) is 0.751. The number of hydrogen-bond donors (Lipinski definition) is 1. The molecule has 21 heavy (non-hydrogen) atoms. The van der Waals surface area contributed by atoms with Crippen molar-refractivity contribution in [3.63, 3.8) is 0 Å². The van der Waals surface area contributed by atoms with Gasteiger partial charge in [-0.2, -0.15) is 5.10 Å². The maximum atomic E-state index is 12.4. The summed E-state index contributed by atoms with van der Waals surface area (Å²) in [7, 11) is -3.79. The molecule has 2 aromatic heterocycles. The largest absolute Gasteiger partial charge is 0.276 e. The van der Waals surface area contributed by atoms with E-state index < -0.39 is 10.0 Å². The van der Waals surface area contributed by atoms with E-state index in [1.54, 1.807) is 24.4 Å². The van der Waals surface area contributed by atoms with E-state index in [2.05, 4.69) is 19.6 Å². The average Bonchev–Trinajstić information content (AvgIpc) is 2.97. The van der Waals surface area contributed by atoms with Crippen LogP contribution in [0.15, 0.2) is 53.8 Å². The number of fused-ring (bicyclic) bond motifs is 1. The Balaban J connectivity index is 2.03. The van der Waals surface area contributed by atoms with Crippen LogP contribution in [0.1, 0.15) is 0 Å². The van der Waals surface area contributed by atoms with E-state index in [9.17, 15) is 8.42 Å². The van der Waals surface area contributed by atoms with E-state index in [0.717, 1.165) is 0 Å². The van der Waals surface area contributed by atoms with Crippen LogP contribution in [0.4, 0.5) is 11.4 Å². The summed E-state index contributed by atoms with van der Waals surface area (Å²) >= 11 is 0. The first kappa shape index (κ1) is 13.1. The molecule has 0 aliphatic rings. The maximum absolute atomic E-state index is 12.4. The van der Waals surface area contributed by atoms with Gasteiger partial charge in [-0.25, -0.2) is 22.8 Å². The van der Waals surface area contributed by atoms with E-state index >= 15 is 0 Å². The number of nitrogens with one attached hydrogen (secondary N) is 1. The minimum atomic E-state index is -3.79. The third-order valence-corrected chi connectivity index (χ3v) is 4.17. The second-order valence-electron chi connectivity index (χ2n) is 4.16. The summed E-state index contributed by atoms with van der Waals surface area (Å²) in [4.78, 5) is 7.26. The number of benzene rings is 1. The Bertz CT molecular complexity index is 956. The molecule has 0 aliphatic heterocycles. The number of pyridine rings is 1. The van der Waals surface area contributed by atoms with Gasteiger partial charge in [-0.15, -0.1) is 0 Å². The summed E-state index contributed by atoms with van der Waals surface area (Å²) in [6, 6.07) is 9.08. The Kier molecular flexibility index (Phi) is 3.04. The molecule has 1 aromatic carbocycles. The monoisotopic (exact) mass is 299 g/mol. The summed E-state index contributed by atoms with van der Waals surface area (Å²) in [5, 5.41) is 3.94. The van der Waals surface area contributed by atoms with Crippen molar-refractivity contribution in [2.75, 3.05) is 4.72 Å². The van der Waals surface area contributed by atoms with Crippen LogP contribution in [0.2, 0.25) is 0 Å². The minimum Gasteiger partial charge on any atom is -0.276 e. The molecule has 0 unspecified atom stereocenters. The van der Waals surface area contributed by atoms with Gasteiger partial charge in [0.1, 0.15) is 6.33 Å². The first-order valence-electron chi connectivity index (χ1n) is 5.89. The third kappa shape index (κ3) is 2.42. The number of nitrogens with zero attached hydrogens (tertiary/aromatic N) is 4. The highest BCUT2D eigenvalue weighted by molar-refractivity contribution is 7.92. The molecule has 0 aliphatic carbocycles. The van der Waals surface area contributed by atoms with Crippen molar-refractivity contribution in [3.8, 4) is 0 Å². The van der Waals surface area contributed by atoms with Crippen LogP contribution in [0, 0.1) is 6.57 Å². The van der Waals surface area contributed by atoms with Crippen molar-refractivity contribution in [3.05, 3.63) is 60.3 Å². The van der Waals surface area contributed by atoms with Gasteiger partial charge in [0.25, 0.3) is 10.0 Å². The molecule has 1 N–H and O–H groups in total. The van der Waals surface area contributed by atoms with Crippen LogP contribution in [-0.4, -0.2) is 23.0 Å². The number of sulfonamides is 1. The fourth-order valence-electron chi connectivity index (χ4n) is 1.85.